The third-order valence-electron chi connectivity index (χ3n) is 3.07. The van der Waals surface area contributed by atoms with Crippen molar-refractivity contribution in [2.24, 2.45) is 5.10 Å². The lowest BCUT2D eigenvalue weighted by Crippen LogP contribution is -2.22. The zero-order valence-corrected chi connectivity index (χ0v) is 13.6. The summed E-state index contributed by atoms with van der Waals surface area (Å²) in [4.78, 5) is 27.1. The number of nitrogens with one attached hydrogen (secondary N) is 2. The Labute approximate surface area is 140 Å². The molecule has 0 radical (unpaired) electrons. The van der Waals surface area contributed by atoms with Crippen LogP contribution >= 0.6 is 11.8 Å². The Hall–Kier alpha value is -2.94. The van der Waals surface area contributed by atoms with Crippen LogP contribution in [-0.4, -0.2) is 31.1 Å². The van der Waals surface area contributed by atoms with Gasteiger partial charge in [0, 0.05) is 11.8 Å². The van der Waals surface area contributed by atoms with Crippen LogP contribution in [0.4, 0.5) is 0 Å². The van der Waals surface area contributed by atoms with Gasteiger partial charge >= 0.3 is 5.69 Å². The third kappa shape index (κ3) is 3.87. The van der Waals surface area contributed by atoms with Crippen molar-refractivity contribution in [2.45, 2.75) is 17.8 Å². The number of aromatic amines is 2. The molecule has 0 saturated heterocycles. The van der Waals surface area contributed by atoms with Gasteiger partial charge in [0.05, 0.1) is 11.9 Å². The quantitative estimate of drug-likeness (QED) is 0.534. The molecule has 8 nitrogen and oxygen atoms in total. The number of nitrogens with zero attached hydrogens (tertiary/aromatic N) is 4. The van der Waals surface area contributed by atoms with Crippen molar-refractivity contribution in [2.75, 3.05) is 0 Å². The average molecular weight is 342 g/mol. The molecule has 122 valence electrons. The van der Waals surface area contributed by atoms with Gasteiger partial charge in [0.15, 0.2) is 5.82 Å². The van der Waals surface area contributed by atoms with Gasteiger partial charge in [-0.25, -0.2) is 4.79 Å². The normalized spacial score (nSPS) is 11.2. The van der Waals surface area contributed by atoms with Crippen LogP contribution in [0.5, 0.6) is 0 Å². The lowest BCUT2D eigenvalue weighted by Gasteiger charge is -2.02. The molecule has 0 atom stereocenters. The van der Waals surface area contributed by atoms with Gasteiger partial charge in [-0.1, -0.05) is 42.1 Å². The second kappa shape index (κ2) is 7.09. The molecule has 0 saturated carbocycles. The summed E-state index contributed by atoms with van der Waals surface area (Å²) < 4.78 is 1.56. The molecule has 0 fully saturated rings. The largest absolute Gasteiger partial charge is 0.326 e. The highest BCUT2D eigenvalue weighted by Gasteiger charge is 2.08. The van der Waals surface area contributed by atoms with Crippen molar-refractivity contribution in [3.8, 4) is 0 Å². The van der Waals surface area contributed by atoms with Gasteiger partial charge in [-0.2, -0.15) is 9.78 Å². The summed E-state index contributed by atoms with van der Waals surface area (Å²) in [5, 5.41) is 13.0. The van der Waals surface area contributed by atoms with Crippen LogP contribution in [0.3, 0.4) is 0 Å². The highest BCUT2D eigenvalue weighted by molar-refractivity contribution is 7.98. The molecular weight excluding hydrogens is 328 g/mol. The number of hydrogen-bond donors (Lipinski definition) is 2. The maximum absolute atomic E-state index is 11.3. The molecular formula is C15H14N6O2S. The Morgan fingerprint density at radius 3 is 2.75 bits per heavy atom. The smallest absolute Gasteiger partial charge is 0.306 e. The number of aryl methyl sites for hydroxylation is 1. The van der Waals surface area contributed by atoms with E-state index in [1.807, 2.05) is 30.3 Å². The van der Waals surface area contributed by atoms with Crippen molar-refractivity contribution >= 4 is 18.0 Å². The number of hydrogen-bond acceptors (Lipinski definition) is 6. The van der Waals surface area contributed by atoms with Crippen molar-refractivity contribution < 1.29 is 0 Å². The van der Waals surface area contributed by atoms with Crippen molar-refractivity contribution in [1.29, 1.82) is 0 Å². The fourth-order valence-corrected chi connectivity index (χ4v) is 2.85. The van der Waals surface area contributed by atoms with Crippen molar-refractivity contribution in [3.05, 3.63) is 74.3 Å². The van der Waals surface area contributed by atoms with Crippen LogP contribution in [0.2, 0.25) is 0 Å². The maximum atomic E-state index is 11.3. The van der Waals surface area contributed by atoms with Gasteiger partial charge in [-0.05, 0) is 12.5 Å². The molecule has 0 bridgehead atoms. The Morgan fingerprint density at radius 1 is 1.21 bits per heavy atom. The van der Waals surface area contributed by atoms with E-state index in [0.29, 0.717) is 16.7 Å². The predicted molar refractivity (Wildman–Crippen MR) is 91.4 cm³/mol. The monoisotopic (exact) mass is 342 g/mol. The Morgan fingerprint density at radius 2 is 2.00 bits per heavy atom. The van der Waals surface area contributed by atoms with Crippen LogP contribution in [0.25, 0.3) is 0 Å². The lowest BCUT2D eigenvalue weighted by molar-refractivity contribution is 0.743. The topological polar surface area (TPSA) is 109 Å². The second-order valence-electron chi connectivity index (χ2n) is 4.90. The summed E-state index contributed by atoms with van der Waals surface area (Å²) in [5.41, 5.74) is 0.399. The lowest BCUT2D eigenvalue weighted by atomic mass is 10.2. The second-order valence-corrected chi connectivity index (χ2v) is 5.85. The Bertz CT molecular complexity index is 945. The van der Waals surface area contributed by atoms with Gasteiger partial charge in [-0.3, -0.25) is 9.78 Å². The van der Waals surface area contributed by atoms with Crippen molar-refractivity contribution in [3.63, 3.8) is 0 Å². The predicted octanol–water partition coefficient (Wildman–Crippen LogP) is 1.14. The first-order chi connectivity index (χ1) is 11.6. The molecule has 24 heavy (non-hydrogen) atoms. The summed E-state index contributed by atoms with van der Waals surface area (Å²) >= 11 is 1.50. The van der Waals surface area contributed by atoms with Gasteiger partial charge in [-0.15, -0.1) is 10.2 Å². The molecule has 2 heterocycles. The molecule has 0 unspecified atom stereocenters. The van der Waals surface area contributed by atoms with E-state index in [1.54, 1.807) is 11.6 Å². The summed E-state index contributed by atoms with van der Waals surface area (Å²) in [7, 11) is 0. The van der Waals surface area contributed by atoms with E-state index in [4.69, 9.17) is 0 Å². The third-order valence-corrected chi connectivity index (χ3v) is 4.06. The average Bonchev–Trinajstić information content (AvgIpc) is 2.91. The van der Waals surface area contributed by atoms with Crippen molar-refractivity contribution in [1.82, 2.24) is 24.8 Å². The Kier molecular flexibility index (Phi) is 4.71. The summed E-state index contributed by atoms with van der Waals surface area (Å²) in [6.07, 6.45) is 1.39. The number of H-pyrrole nitrogens is 2. The molecule has 2 aromatic heterocycles. The van der Waals surface area contributed by atoms with Crippen LogP contribution in [-0.2, 0) is 5.75 Å². The number of aromatic nitrogens is 5. The van der Waals surface area contributed by atoms with E-state index in [9.17, 15) is 9.59 Å². The first kappa shape index (κ1) is 15.9. The molecule has 1 aromatic carbocycles. The summed E-state index contributed by atoms with van der Waals surface area (Å²) in [5.74, 6) is 1.34. The molecule has 9 heteroatoms. The van der Waals surface area contributed by atoms with E-state index in [1.165, 1.54) is 24.0 Å². The van der Waals surface area contributed by atoms with E-state index < -0.39 is 11.2 Å². The number of rotatable bonds is 5. The first-order valence-corrected chi connectivity index (χ1v) is 8.07. The molecule has 0 aliphatic carbocycles. The minimum absolute atomic E-state index is 0.302. The molecule has 0 aliphatic rings. The van der Waals surface area contributed by atoms with Gasteiger partial charge < -0.3 is 4.98 Å². The SMILES string of the molecule is Cc1nnc(SCc2ccccc2)n1/N=C/c1cc(=O)[nH]c(=O)[nH]1. The maximum Gasteiger partial charge on any atom is 0.326 e. The van der Waals surface area contributed by atoms with Crippen LogP contribution in [0.1, 0.15) is 17.1 Å². The van der Waals surface area contributed by atoms with Crippen LogP contribution in [0.15, 0.2) is 56.2 Å². The molecule has 0 aliphatic heterocycles. The van der Waals surface area contributed by atoms with E-state index >= 15 is 0 Å². The summed E-state index contributed by atoms with van der Waals surface area (Å²) in [6, 6.07) is 11.2. The molecule has 0 spiro atoms. The molecule has 3 aromatic rings. The highest BCUT2D eigenvalue weighted by Crippen LogP contribution is 2.21. The fraction of sp³-hybridized carbons (Fsp3) is 0.133. The summed E-state index contributed by atoms with van der Waals surface area (Å²) in [6.45, 7) is 1.78. The standard InChI is InChI=1S/C15H14N6O2S/c1-10-19-20-15(24-9-11-5-3-2-4-6-11)21(10)16-8-12-7-13(22)18-14(23)17-12/h2-8H,9H2,1H3,(H2,17,18,22,23)/b16-8+. The minimum Gasteiger partial charge on any atom is -0.306 e. The number of thioether (sulfide) groups is 1. The van der Waals surface area contributed by atoms with Crippen LogP contribution in [0, 0.1) is 6.92 Å². The first-order valence-electron chi connectivity index (χ1n) is 7.08. The van der Waals surface area contributed by atoms with Gasteiger partial charge in [0.1, 0.15) is 0 Å². The van der Waals surface area contributed by atoms with E-state index in [0.717, 1.165) is 11.3 Å². The zero-order chi connectivity index (χ0) is 16.9. The van der Waals surface area contributed by atoms with E-state index in [2.05, 4.69) is 25.3 Å². The van der Waals surface area contributed by atoms with Crippen LogP contribution < -0.4 is 11.2 Å². The highest BCUT2D eigenvalue weighted by atomic mass is 32.2. The molecule has 3 rings (SSSR count). The molecule has 0 amide bonds. The van der Waals surface area contributed by atoms with Gasteiger partial charge in [0.2, 0.25) is 5.16 Å². The zero-order valence-electron chi connectivity index (χ0n) is 12.8. The number of benzene rings is 1. The van der Waals surface area contributed by atoms with Gasteiger partial charge in [0.25, 0.3) is 5.56 Å². The minimum atomic E-state index is -0.580. The van der Waals surface area contributed by atoms with E-state index in [-0.39, 0.29) is 0 Å². The fourth-order valence-electron chi connectivity index (χ4n) is 1.96. The Balaban J connectivity index is 1.80. The molecule has 2 N–H and O–H groups in total.